The number of nitrogens with two attached hydrogens (primary N) is 1. The van der Waals surface area contributed by atoms with Crippen molar-refractivity contribution in [2.45, 2.75) is 87.1 Å². The lowest BCUT2D eigenvalue weighted by molar-refractivity contribution is -0.117. The average Bonchev–Trinajstić information content (AvgIpc) is 2.45. The van der Waals surface area contributed by atoms with Crippen LogP contribution in [0, 0.1) is 5.92 Å². The van der Waals surface area contributed by atoms with E-state index in [1.807, 2.05) is 27.7 Å². The Balaban J connectivity index is -0.000000339. The largest absolute Gasteiger partial charge is 0.400 e. The van der Waals surface area contributed by atoms with Crippen molar-refractivity contribution in [3.8, 4) is 0 Å². The molecular formula is C18H40N2OS. The van der Waals surface area contributed by atoms with Gasteiger partial charge in [-0.2, -0.15) is 12.6 Å². The number of thiol groups is 1. The van der Waals surface area contributed by atoms with Crippen molar-refractivity contribution in [2.75, 3.05) is 5.75 Å². The van der Waals surface area contributed by atoms with Crippen LogP contribution in [0.25, 0.3) is 0 Å². The van der Waals surface area contributed by atoms with Gasteiger partial charge in [-0.05, 0) is 26.7 Å². The number of rotatable bonds is 8. The molecule has 3 N–H and O–H groups in total. The van der Waals surface area contributed by atoms with Crippen molar-refractivity contribution in [3.63, 3.8) is 0 Å². The second-order valence-electron chi connectivity index (χ2n) is 5.80. The first kappa shape index (κ1) is 26.3. The maximum absolute atomic E-state index is 10.8. The van der Waals surface area contributed by atoms with E-state index in [9.17, 15) is 4.79 Å². The van der Waals surface area contributed by atoms with Gasteiger partial charge in [0, 0.05) is 29.6 Å². The van der Waals surface area contributed by atoms with Crippen LogP contribution >= 0.6 is 12.6 Å². The average molecular weight is 333 g/mol. The molecule has 0 spiro atoms. The number of hydrogen-bond donors (Lipinski definition) is 3. The fourth-order valence-electron chi connectivity index (χ4n) is 1.68. The lowest BCUT2D eigenvalue weighted by Crippen LogP contribution is -2.28. The molecule has 0 bridgehead atoms. The number of hydrogen-bond acceptors (Lipinski definition) is 4. The summed E-state index contributed by atoms with van der Waals surface area (Å²) in [5.74, 6) is 1.61. The molecule has 134 valence electrons. The fourth-order valence-corrected chi connectivity index (χ4v) is 1.91. The molecule has 22 heavy (non-hydrogen) atoms. The molecule has 0 saturated carbocycles. The molecule has 0 aliphatic rings. The molecule has 1 atom stereocenters. The summed E-state index contributed by atoms with van der Waals surface area (Å²) in [4.78, 5) is 10.8. The molecular weight excluding hydrogens is 292 g/mol. The summed E-state index contributed by atoms with van der Waals surface area (Å²) in [5.41, 5.74) is 7.28. The molecule has 0 aromatic heterocycles. The number of nitrogens with one attached hydrogen (secondary N) is 1. The van der Waals surface area contributed by atoms with E-state index in [1.165, 1.54) is 19.3 Å². The predicted octanol–water partition coefficient (Wildman–Crippen LogP) is 4.92. The summed E-state index contributed by atoms with van der Waals surface area (Å²) in [5, 5.41) is 3.15. The Morgan fingerprint density at radius 1 is 1.18 bits per heavy atom. The van der Waals surface area contributed by atoms with Crippen LogP contribution in [0.3, 0.4) is 0 Å². The topological polar surface area (TPSA) is 55.1 Å². The van der Waals surface area contributed by atoms with E-state index in [1.54, 1.807) is 6.92 Å². The molecule has 0 fully saturated rings. The summed E-state index contributed by atoms with van der Waals surface area (Å²) in [6.07, 6.45) is 4.67. The van der Waals surface area contributed by atoms with Crippen LogP contribution in [-0.4, -0.2) is 17.6 Å². The van der Waals surface area contributed by atoms with Crippen molar-refractivity contribution in [1.82, 2.24) is 5.32 Å². The van der Waals surface area contributed by atoms with Crippen molar-refractivity contribution in [1.29, 1.82) is 0 Å². The summed E-state index contributed by atoms with van der Waals surface area (Å²) < 4.78 is 0. The Labute approximate surface area is 144 Å². The van der Waals surface area contributed by atoms with Gasteiger partial charge < -0.3 is 11.1 Å². The Morgan fingerprint density at radius 2 is 1.68 bits per heavy atom. The molecule has 0 heterocycles. The highest BCUT2D eigenvalue weighted by atomic mass is 32.1. The summed E-state index contributed by atoms with van der Waals surface area (Å²) in [6, 6.07) is 0.135. The van der Waals surface area contributed by atoms with Gasteiger partial charge in [0.05, 0.1) is 0 Å². The Morgan fingerprint density at radius 3 is 1.95 bits per heavy atom. The summed E-state index contributed by atoms with van der Waals surface area (Å²) >= 11 is 4.06. The van der Waals surface area contributed by atoms with Gasteiger partial charge in [-0.25, -0.2) is 0 Å². The van der Waals surface area contributed by atoms with Gasteiger partial charge in [0.15, 0.2) is 0 Å². The Hall–Kier alpha value is -0.640. The van der Waals surface area contributed by atoms with Crippen molar-refractivity contribution < 1.29 is 4.79 Å². The Kier molecular flexibility index (Phi) is 22.0. The minimum atomic E-state index is 0.135. The van der Waals surface area contributed by atoms with Gasteiger partial charge in [-0.15, -0.1) is 0 Å². The predicted molar refractivity (Wildman–Crippen MR) is 104 cm³/mol. The highest BCUT2D eigenvalue weighted by molar-refractivity contribution is 7.80. The van der Waals surface area contributed by atoms with Crippen LogP contribution in [-0.2, 0) is 4.79 Å². The third-order valence-electron chi connectivity index (χ3n) is 2.84. The van der Waals surface area contributed by atoms with Crippen molar-refractivity contribution >= 4 is 18.4 Å². The molecule has 0 rings (SSSR count). The Bertz CT molecular complexity index is 289. The molecule has 0 aromatic carbocycles. The third-order valence-corrected chi connectivity index (χ3v) is 3.18. The first-order valence-corrected chi connectivity index (χ1v) is 9.19. The minimum Gasteiger partial charge on any atom is -0.400 e. The number of carbonyl (C=O) groups is 1. The van der Waals surface area contributed by atoms with E-state index in [2.05, 4.69) is 38.7 Å². The molecule has 0 radical (unpaired) electrons. The van der Waals surface area contributed by atoms with Crippen molar-refractivity contribution in [3.05, 3.63) is 11.4 Å². The van der Waals surface area contributed by atoms with Gasteiger partial charge in [-0.1, -0.05) is 53.9 Å². The van der Waals surface area contributed by atoms with E-state index < -0.39 is 0 Å². The first-order valence-electron chi connectivity index (χ1n) is 8.56. The zero-order valence-corrected chi connectivity index (χ0v) is 17.0. The van der Waals surface area contributed by atoms with Crippen LogP contribution in [0.15, 0.2) is 11.4 Å². The third kappa shape index (κ3) is 21.7. The highest BCUT2D eigenvalue weighted by Crippen LogP contribution is 2.04. The highest BCUT2D eigenvalue weighted by Gasteiger charge is 2.05. The van der Waals surface area contributed by atoms with E-state index in [-0.39, 0.29) is 11.8 Å². The fraction of sp³-hybridized carbons (Fsp3) is 0.833. The van der Waals surface area contributed by atoms with Crippen LogP contribution in [0.1, 0.15) is 81.1 Å². The molecule has 0 aliphatic heterocycles. The maximum atomic E-state index is 10.8. The van der Waals surface area contributed by atoms with E-state index in [0.29, 0.717) is 12.2 Å². The maximum Gasteiger partial charge on any atom is 0.131 e. The summed E-state index contributed by atoms with van der Waals surface area (Å²) in [6.45, 7) is 16.2. The van der Waals surface area contributed by atoms with Crippen LogP contribution in [0.4, 0.5) is 0 Å². The van der Waals surface area contributed by atoms with Crippen LogP contribution in [0.5, 0.6) is 0 Å². The van der Waals surface area contributed by atoms with Gasteiger partial charge in [-0.3, -0.25) is 4.79 Å². The second-order valence-corrected chi connectivity index (χ2v) is 6.11. The van der Waals surface area contributed by atoms with Crippen LogP contribution in [0.2, 0.25) is 0 Å². The minimum absolute atomic E-state index is 0.135. The normalized spacial score (nSPS) is 12.3. The summed E-state index contributed by atoms with van der Waals surface area (Å²) in [7, 11) is 0. The number of unbranched alkanes of at least 4 members (excludes halogenated alkanes) is 1. The van der Waals surface area contributed by atoms with Crippen LogP contribution < -0.4 is 11.1 Å². The molecule has 4 heteroatoms. The molecule has 0 amide bonds. The lowest BCUT2D eigenvalue weighted by Gasteiger charge is -2.15. The zero-order chi connectivity index (χ0) is 18.1. The van der Waals surface area contributed by atoms with Gasteiger partial charge >= 0.3 is 0 Å². The quantitative estimate of drug-likeness (QED) is 0.553. The molecule has 0 aliphatic carbocycles. The number of Topliss-reactive ketones (excluding diaryl/α,β-unsaturated/α-hetero) is 1. The lowest BCUT2D eigenvalue weighted by atomic mass is 10.1. The van der Waals surface area contributed by atoms with Gasteiger partial charge in [0.2, 0.25) is 0 Å². The van der Waals surface area contributed by atoms with Crippen molar-refractivity contribution in [2.24, 2.45) is 11.7 Å². The van der Waals surface area contributed by atoms with E-state index >= 15 is 0 Å². The molecule has 0 aromatic rings. The standard InChI is InChI=1S/C9H18N2OS.C7H16.C2H6/c1-6(4-7(2)12)11-8(3)9(10)5-13;1-4-5-6-7(2)3;1-2/h6,11,13H,4-5,10H2,1-3H3;7H,4-6H2,1-3H3;1-2H3/b9-8+;;. The molecule has 0 saturated heterocycles. The number of ketones is 1. The second kappa shape index (κ2) is 18.4. The number of allylic oxidation sites excluding steroid dienone is 1. The number of carbonyl (C=O) groups excluding carboxylic acids is 1. The molecule has 1 unspecified atom stereocenters. The van der Waals surface area contributed by atoms with E-state index in [4.69, 9.17) is 5.73 Å². The SMILES string of the molecule is CC.CC(=O)CC(C)N/C(C)=C(/N)CS.CCCCC(C)C. The van der Waals surface area contributed by atoms with E-state index in [0.717, 1.165) is 17.3 Å². The van der Waals surface area contributed by atoms with Gasteiger partial charge in [0.25, 0.3) is 0 Å². The molecule has 3 nitrogen and oxygen atoms in total. The smallest absolute Gasteiger partial charge is 0.131 e. The van der Waals surface area contributed by atoms with Gasteiger partial charge in [0.1, 0.15) is 5.78 Å². The zero-order valence-electron chi connectivity index (χ0n) is 16.1. The monoisotopic (exact) mass is 332 g/mol. The first-order chi connectivity index (χ1) is 10.2.